The lowest BCUT2D eigenvalue weighted by atomic mass is 10.1. The van der Waals surface area contributed by atoms with Crippen molar-refractivity contribution in [2.45, 2.75) is 38.1 Å². The number of halogens is 4. The second kappa shape index (κ2) is 9.18. The van der Waals surface area contributed by atoms with Gasteiger partial charge in [0.1, 0.15) is 11.6 Å². The van der Waals surface area contributed by atoms with Gasteiger partial charge in [0.2, 0.25) is 5.95 Å². The molecule has 0 aliphatic heterocycles. The van der Waals surface area contributed by atoms with Crippen LogP contribution in [-0.4, -0.2) is 27.0 Å². The molecule has 0 saturated carbocycles. The molecule has 1 atom stereocenters. The number of nitrogens with zero attached hydrogens (tertiary/aromatic N) is 2. The Morgan fingerprint density at radius 1 is 1.11 bits per heavy atom. The Kier molecular flexibility index (Phi) is 6.03. The lowest BCUT2D eigenvalue weighted by molar-refractivity contribution is -0.274. The number of hydrogen-bond acceptors (Lipinski definition) is 4. The van der Waals surface area contributed by atoms with Gasteiger partial charge in [-0.05, 0) is 84.5 Å². The number of aliphatic carboxylic acids is 1. The third-order valence-electron chi connectivity index (χ3n) is 6.19. The Bertz CT molecular complexity index is 1430. The van der Waals surface area contributed by atoms with E-state index in [0.29, 0.717) is 30.0 Å². The molecule has 0 amide bonds. The topological polar surface area (TPSA) is 76.4 Å². The predicted octanol–water partition coefficient (Wildman–Crippen LogP) is 6.37. The summed E-state index contributed by atoms with van der Waals surface area (Å²) in [5.41, 5.74) is 4.67. The molecule has 1 aliphatic rings. The average molecular weight is 499 g/mol. The molecule has 0 fully saturated rings. The van der Waals surface area contributed by atoms with Crippen LogP contribution in [0.5, 0.6) is 5.75 Å². The lowest BCUT2D eigenvalue weighted by Gasteiger charge is -2.19. The monoisotopic (exact) mass is 499 g/mol. The summed E-state index contributed by atoms with van der Waals surface area (Å²) in [6.07, 6.45) is -3.02. The third-order valence-corrected chi connectivity index (χ3v) is 6.19. The summed E-state index contributed by atoms with van der Waals surface area (Å²) in [6.45, 7) is 0. The van der Waals surface area contributed by atoms with E-state index in [9.17, 15) is 22.4 Å². The highest BCUT2D eigenvalue weighted by atomic mass is 19.4. The van der Waals surface area contributed by atoms with Crippen molar-refractivity contribution in [3.05, 3.63) is 83.2 Å². The minimum Gasteiger partial charge on any atom is -0.481 e. The van der Waals surface area contributed by atoms with Gasteiger partial charge in [0.15, 0.2) is 0 Å². The van der Waals surface area contributed by atoms with Crippen LogP contribution in [-0.2, 0) is 17.6 Å². The molecule has 6 nitrogen and oxygen atoms in total. The molecule has 5 rings (SSSR count). The van der Waals surface area contributed by atoms with Gasteiger partial charge >= 0.3 is 12.3 Å². The van der Waals surface area contributed by atoms with Crippen molar-refractivity contribution in [2.24, 2.45) is 0 Å². The Hall–Kier alpha value is -4.08. The molecule has 1 heterocycles. The number of aromatic nitrogens is 2. The maximum absolute atomic E-state index is 13.8. The van der Waals surface area contributed by atoms with Gasteiger partial charge in [-0.1, -0.05) is 12.1 Å². The average Bonchev–Trinajstić information content (AvgIpc) is 3.37. The highest BCUT2D eigenvalue weighted by molar-refractivity contribution is 5.81. The van der Waals surface area contributed by atoms with E-state index in [2.05, 4.69) is 10.1 Å². The van der Waals surface area contributed by atoms with Gasteiger partial charge < -0.3 is 19.7 Å². The molecule has 1 aliphatic carbocycles. The SMILES string of the molecule is O=C(O)CCc1ccc2c(c1)nc(Nc1ccc(OC(F)(F)F)cc1)n2[C@@H]1CCc2cc(F)ccc21. The molecule has 3 aromatic carbocycles. The first-order chi connectivity index (χ1) is 17.2. The van der Waals surface area contributed by atoms with Crippen molar-refractivity contribution in [2.75, 3.05) is 5.32 Å². The quantitative estimate of drug-likeness (QED) is 0.289. The predicted molar refractivity (Wildman–Crippen MR) is 125 cm³/mol. The minimum atomic E-state index is -4.78. The molecule has 0 unspecified atom stereocenters. The van der Waals surface area contributed by atoms with Crippen LogP contribution in [0.25, 0.3) is 11.0 Å². The highest BCUT2D eigenvalue weighted by Crippen LogP contribution is 2.40. The number of imidazole rings is 1. The molecule has 0 bridgehead atoms. The normalized spacial score (nSPS) is 15.2. The lowest BCUT2D eigenvalue weighted by Crippen LogP contribution is -2.17. The van der Waals surface area contributed by atoms with E-state index in [4.69, 9.17) is 10.1 Å². The first kappa shape index (κ1) is 23.7. The van der Waals surface area contributed by atoms with E-state index in [0.717, 1.165) is 28.6 Å². The number of benzene rings is 3. The van der Waals surface area contributed by atoms with Crippen LogP contribution in [0.15, 0.2) is 60.7 Å². The first-order valence-electron chi connectivity index (χ1n) is 11.3. The van der Waals surface area contributed by atoms with Crippen molar-refractivity contribution in [3.63, 3.8) is 0 Å². The van der Waals surface area contributed by atoms with Gasteiger partial charge in [0.05, 0.1) is 17.1 Å². The van der Waals surface area contributed by atoms with Crippen molar-refractivity contribution >= 4 is 28.6 Å². The van der Waals surface area contributed by atoms with E-state index < -0.39 is 12.3 Å². The number of anilines is 2. The number of carboxylic acids is 1. The van der Waals surface area contributed by atoms with E-state index in [1.165, 1.54) is 36.4 Å². The second-order valence-corrected chi connectivity index (χ2v) is 8.62. The molecule has 0 saturated heterocycles. The summed E-state index contributed by atoms with van der Waals surface area (Å²) in [4.78, 5) is 15.7. The van der Waals surface area contributed by atoms with Crippen molar-refractivity contribution < 1.29 is 32.2 Å². The van der Waals surface area contributed by atoms with E-state index >= 15 is 0 Å². The van der Waals surface area contributed by atoms with E-state index in [1.54, 1.807) is 6.07 Å². The number of fused-ring (bicyclic) bond motifs is 2. The maximum atomic E-state index is 13.8. The molecule has 0 spiro atoms. The van der Waals surface area contributed by atoms with Gasteiger partial charge in [-0.15, -0.1) is 13.2 Å². The Labute approximate surface area is 203 Å². The summed E-state index contributed by atoms with van der Waals surface area (Å²) in [5.74, 6) is -1.06. The molecule has 4 aromatic rings. The minimum absolute atomic E-state index is 0.00870. The fourth-order valence-electron chi connectivity index (χ4n) is 4.66. The van der Waals surface area contributed by atoms with Crippen molar-refractivity contribution in [1.29, 1.82) is 0 Å². The fraction of sp³-hybridized carbons (Fsp3) is 0.231. The number of rotatable bonds is 7. The van der Waals surface area contributed by atoms with Crippen molar-refractivity contribution in [3.8, 4) is 5.75 Å². The Balaban J connectivity index is 1.53. The number of aryl methyl sites for hydroxylation is 2. The number of hydrogen-bond donors (Lipinski definition) is 2. The van der Waals surface area contributed by atoms with Gasteiger partial charge in [-0.25, -0.2) is 9.37 Å². The van der Waals surface area contributed by atoms with Crippen LogP contribution in [0.3, 0.4) is 0 Å². The summed E-state index contributed by atoms with van der Waals surface area (Å²) < 4.78 is 57.3. The van der Waals surface area contributed by atoms with Gasteiger partial charge in [0, 0.05) is 12.1 Å². The fourth-order valence-corrected chi connectivity index (χ4v) is 4.66. The van der Waals surface area contributed by atoms with Crippen LogP contribution in [0.2, 0.25) is 0 Å². The smallest absolute Gasteiger partial charge is 0.481 e. The van der Waals surface area contributed by atoms with Crippen molar-refractivity contribution in [1.82, 2.24) is 9.55 Å². The molecule has 10 heteroatoms. The first-order valence-corrected chi connectivity index (χ1v) is 11.3. The molecule has 1 aromatic heterocycles. The third kappa shape index (κ3) is 4.98. The standard InChI is InChI=1S/C26H21F4N3O3/c27-17-4-9-20-16(14-17)3-11-22(20)33-23-10-1-15(2-12-24(34)35)13-21(23)32-25(33)31-18-5-7-19(8-6-18)36-26(28,29)30/h1,4-10,13-14,22H,2-3,11-12H2,(H,31,32)(H,34,35)/t22-/m1/s1. The van der Waals surface area contributed by atoms with Gasteiger partial charge in [-0.3, -0.25) is 4.79 Å². The zero-order chi connectivity index (χ0) is 25.4. The summed E-state index contributed by atoms with van der Waals surface area (Å²) >= 11 is 0. The Morgan fingerprint density at radius 2 is 1.89 bits per heavy atom. The number of alkyl halides is 3. The molecular formula is C26H21F4N3O3. The van der Waals surface area contributed by atoms with Crippen LogP contribution in [0.1, 0.15) is 35.6 Å². The molecule has 36 heavy (non-hydrogen) atoms. The zero-order valence-electron chi connectivity index (χ0n) is 18.8. The van der Waals surface area contributed by atoms with Gasteiger partial charge in [-0.2, -0.15) is 0 Å². The zero-order valence-corrected chi connectivity index (χ0v) is 18.8. The van der Waals surface area contributed by atoms with Crippen LogP contribution in [0, 0.1) is 5.82 Å². The van der Waals surface area contributed by atoms with Crippen LogP contribution < -0.4 is 10.1 Å². The highest BCUT2D eigenvalue weighted by Gasteiger charge is 2.31. The van der Waals surface area contributed by atoms with E-state index in [-0.39, 0.29) is 24.0 Å². The van der Waals surface area contributed by atoms with Crippen LogP contribution >= 0.6 is 0 Å². The molecule has 0 radical (unpaired) electrons. The molecule has 2 N–H and O–H groups in total. The maximum Gasteiger partial charge on any atom is 0.573 e. The second-order valence-electron chi connectivity index (χ2n) is 8.62. The van der Waals surface area contributed by atoms with Crippen LogP contribution in [0.4, 0.5) is 29.2 Å². The van der Waals surface area contributed by atoms with Gasteiger partial charge in [0.25, 0.3) is 0 Å². The number of carboxylic acid groups (broad SMARTS) is 1. The Morgan fingerprint density at radius 3 is 2.61 bits per heavy atom. The molecular weight excluding hydrogens is 478 g/mol. The number of nitrogens with one attached hydrogen (secondary N) is 1. The number of carbonyl (C=O) groups is 1. The summed E-state index contributed by atoms with van der Waals surface area (Å²) in [7, 11) is 0. The number of ether oxygens (including phenoxy) is 1. The summed E-state index contributed by atoms with van der Waals surface area (Å²) in [5, 5.41) is 12.2. The summed E-state index contributed by atoms with van der Waals surface area (Å²) in [6, 6.07) is 15.5. The van der Waals surface area contributed by atoms with E-state index in [1.807, 2.05) is 22.8 Å². The molecule has 186 valence electrons. The largest absolute Gasteiger partial charge is 0.573 e.